The minimum absolute atomic E-state index is 0.0832. The Kier molecular flexibility index (Phi) is 4.10. The van der Waals surface area contributed by atoms with Crippen LogP contribution in [0.2, 0.25) is 0 Å². The minimum atomic E-state index is 0.0832. The van der Waals surface area contributed by atoms with E-state index in [4.69, 9.17) is 5.73 Å². The zero-order valence-electron chi connectivity index (χ0n) is 12.0. The molecule has 0 spiro atoms. The molecule has 19 heavy (non-hydrogen) atoms. The Hall–Kier alpha value is -1.55. The number of urea groups is 1. The van der Waals surface area contributed by atoms with Gasteiger partial charge in [-0.2, -0.15) is 0 Å². The summed E-state index contributed by atoms with van der Waals surface area (Å²) < 4.78 is 0. The standard InChI is InChI=1S/C15H23N3O/c1-11(2)7-14-10-18(15(19)17(14)3)13-6-4-5-12(8-13)9-16/h4-6,8,11,14H,7,9-10,16H2,1-3H3. The van der Waals surface area contributed by atoms with Gasteiger partial charge in [0.25, 0.3) is 0 Å². The number of amides is 2. The van der Waals surface area contributed by atoms with Gasteiger partial charge in [-0.3, -0.25) is 4.90 Å². The molecular formula is C15H23N3O. The predicted octanol–water partition coefficient (Wildman–Crippen LogP) is 2.43. The highest BCUT2D eigenvalue weighted by Gasteiger charge is 2.35. The van der Waals surface area contributed by atoms with E-state index in [2.05, 4.69) is 13.8 Å². The molecule has 0 bridgehead atoms. The fourth-order valence-corrected chi connectivity index (χ4v) is 2.60. The molecule has 0 aliphatic carbocycles. The lowest BCUT2D eigenvalue weighted by atomic mass is 10.0. The molecule has 1 saturated heterocycles. The van der Waals surface area contributed by atoms with Gasteiger partial charge in [-0.05, 0) is 30.0 Å². The Labute approximate surface area is 115 Å². The number of hydrogen-bond donors (Lipinski definition) is 1. The Morgan fingerprint density at radius 3 is 2.79 bits per heavy atom. The molecule has 0 aromatic heterocycles. The Morgan fingerprint density at radius 2 is 2.16 bits per heavy atom. The molecule has 0 radical (unpaired) electrons. The molecule has 2 amide bonds. The van der Waals surface area contributed by atoms with E-state index in [1.54, 1.807) is 0 Å². The number of benzene rings is 1. The van der Waals surface area contributed by atoms with Gasteiger partial charge < -0.3 is 10.6 Å². The third-order valence-electron chi connectivity index (χ3n) is 3.68. The fraction of sp³-hybridized carbons (Fsp3) is 0.533. The van der Waals surface area contributed by atoms with Gasteiger partial charge in [0.2, 0.25) is 0 Å². The van der Waals surface area contributed by atoms with Crippen LogP contribution in [0.5, 0.6) is 0 Å². The van der Waals surface area contributed by atoms with Gasteiger partial charge in [0.1, 0.15) is 0 Å². The molecule has 2 N–H and O–H groups in total. The number of rotatable bonds is 4. The summed E-state index contributed by atoms with van der Waals surface area (Å²) in [5, 5.41) is 0. The fourth-order valence-electron chi connectivity index (χ4n) is 2.60. The molecule has 1 atom stereocenters. The van der Waals surface area contributed by atoms with E-state index in [1.807, 2.05) is 41.1 Å². The summed E-state index contributed by atoms with van der Waals surface area (Å²) in [5.74, 6) is 0.593. The minimum Gasteiger partial charge on any atom is -0.326 e. The zero-order valence-corrected chi connectivity index (χ0v) is 12.0. The molecule has 1 aliphatic heterocycles. The molecule has 1 aromatic rings. The zero-order chi connectivity index (χ0) is 14.0. The van der Waals surface area contributed by atoms with Gasteiger partial charge in [0, 0.05) is 25.8 Å². The van der Waals surface area contributed by atoms with Crippen LogP contribution in [0.1, 0.15) is 25.8 Å². The van der Waals surface area contributed by atoms with Crippen molar-refractivity contribution in [2.75, 3.05) is 18.5 Å². The first kappa shape index (κ1) is 13.9. The van der Waals surface area contributed by atoms with Crippen LogP contribution in [-0.2, 0) is 6.54 Å². The molecule has 1 aliphatic rings. The van der Waals surface area contributed by atoms with Crippen molar-refractivity contribution in [2.45, 2.75) is 32.9 Å². The van der Waals surface area contributed by atoms with Crippen LogP contribution in [0.4, 0.5) is 10.5 Å². The van der Waals surface area contributed by atoms with E-state index in [0.29, 0.717) is 18.5 Å². The second-order valence-electron chi connectivity index (χ2n) is 5.66. The SMILES string of the molecule is CC(C)CC1CN(c2cccc(CN)c2)C(=O)N1C. The Bertz CT molecular complexity index is 458. The molecular weight excluding hydrogens is 238 g/mol. The first-order valence-electron chi connectivity index (χ1n) is 6.86. The summed E-state index contributed by atoms with van der Waals surface area (Å²) in [5.41, 5.74) is 7.66. The smallest absolute Gasteiger partial charge is 0.324 e. The van der Waals surface area contributed by atoms with Gasteiger partial charge in [-0.1, -0.05) is 26.0 Å². The molecule has 1 heterocycles. The summed E-state index contributed by atoms with van der Waals surface area (Å²) in [6.07, 6.45) is 1.04. The topological polar surface area (TPSA) is 49.6 Å². The van der Waals surface area contributed by atoms with Crippen LogP contribution < -0.4 is 10.6 Å². The second kappa shape index (κ2) is 5.61. The van der Waals surface area contributed by atoms with Crippen LogP contribution in [0, 0.1) is 5.92 Å². The second-order valence-corrected chi connectivity index (χ2v) is 5.66. The molecule has 1 unspecified atom stereocenters. The molecule has 1 aromatic carbocycles. The summed E-state index contributed by atoms with van der Waals surface area (Å²) >= 11 is 0. The lowest BCUT2D eigenvalue weighted by Gasteiger charge is -2.19. The van der Waals surface area contributed by atoms with Crippen molar-refractivity contribution in [1.82, 2.24) is 4.90 Å². The number of nitrogens with two attached hydrogens (primary N) is 1. The van der Waals surface area contributed by atoms with Crippen molar-refractivity contribution in [3.63, 3.8) is 0 Å². The monoisotopic (exact) mass is 261 g/mol. The lowest BCUT2D eigenvalue weighted by molar-refractivity contribution is 0.213. The normalized spacial score (nSPS) is 19.6. The highest BCUT2D eigenvalue weighted by Crippen LogP contribution is 2.26. The molecule has 1 fully saturated rings. The van der Waals surface area contributed by atoms with Crippen molar-refractivity contribution in [2.24, 2.45) is 11.7 Å². The first-order chi connectivity index (χ1) is 9.02. The van der Waals surface area contributed by atoms with Gasteiger partial charge >= 0.3 is 6.03 Å². The number of anilines is 1. The van der Waals surface area contributed by atoms with E-state index in [9.17, 15) is 4.79 Å². The van der Waals surface area contributed by atoms with Crippen molar-refractivity contribution in [1.29, 1.82) is 0 Å². The number of carbonyl (C=O) groups excluding carboxylic acids is 1. The van der Waals surface area contributed by atoms with Crippen LogP contribution in [0.15, 0.2) is 24.3 Å². The van der Waals surface area contributed by atoms with Gasteiger partial charge in [-0.25, -0.2) is 4.79 Å². The molecule has 104 valence electrons. The van der Waals surface area contributed by atoms with E-state index in [0.717, 1.165) is 24.2 Å². The van der Waals surface area contributed by atoms with E-state index >= 15 is 0 Å². The maximum atomic E-state index is 12.3. The highest BCUT2D eigenvalue weighted by molar-refractivity contribution is 5.94. The van der Waals surface area contributed by atoms with Gasteiger partial charge in [0.15, 0.2) is 0 Å². The third kappa shape index (κ3) is 2.89. The average molecular weight is 261 g/mol. The van der Waals surface area contributed by atoms with Crippen LogP contribution in [0.25, 0.3) is 0 Å². The molecule has 4 heteroatoms. The van der Waals surface area contributed by atoms with E-state index in [-0.39, 0.29) is 6.03 Å². The third-order valence-corrected chi connectivity index (χ3v) is 3.68. The average Bonchev–Trinajstić information content (AvgIpc) is 2.67. The quantitative estimate of drug-likeness (QED) is 0.905. The highest BCUT2D eigenvalue weighted by atomic mass is 16.2. The van der Waals surface area contributed by atoms with Crippen molar-refractivity contribution >= 4 is 11.7 Å². The van der Waals surface area contributed by atoms with Crippen LogP contribution >= 0.6 is 0 Å². The summed E-state index contributed by atoms with van der Waals surface area (Å²) in [6.45, 7) is 5.65. The van der Waals surface area contributed by atoms with Gasteiger partial charge in [-0.15, -0.1) is 0 Å². The summed E-state index contributed by atoms with van der Waals surface area (Å²) in [6, 6.07) is 8.31. The van der Waals surface area contributed by atoms with E-state index in [1.165, 1.54) is 0 Å². The molecule has 4 nitrogen and oxygen atoms in total. The largest absolute Gasteiger partial charge is 0.326 e. The number of likely N-dealkylation sites (N-methyl/N-ethyl adjacent to an activating group) is 1. The molecule has 0 saturated carbocycles. The maximum absolute atomic E-state index is 12.3. The predicted molar refractivity (Wildman–Crippen MR) is 78.1 cm³/mol. The Morgan fingerprint density at radius 1 is 1.42 bits per heavy atom. The Balaban J connectivity index is 2.18. The van der Waals surface area contributed by atoms with E-state index < -0.39 is 0 Å². The van der Waals surface area contributed by atoms with Crippen molar-refractivity contribution < 1.29 is 4.79 Å². The maximum Gasteiger partial charge on any atom is 0.324 e. The van der Waals surface area contributed by atoms with Gasteiger partial charge in [0.05, 0.1) is 6.04 Å². The number of carbonyl (C=O) groups is 1. The lowest BCUT2D eigenvalue weighted by Crippen LogP contribution is -2.31. The van der Waals surface area contributed by atoms with Crippen molar-refractivity contribution in [3.05, 3.63) is 29.8 Å². The summed E-state index contributed by atoms with van der Waals surface area (Å²) in [4.78, 5) is 16.0. The molecule has 2 rings (SSSR count). The number of nitrogens with zero attached hydrogens (tertiary/aromatic N) is 2. The first-order valence-corrected chi connectivity index (χ1v) is 6.86. The number of hydrogen-bond acceptors (Lipinski definition) is 2. The summed E-state index contributed by atoms with van der Waals surface area (Å²) in [7, 11) is 1.89. The van der Waals surface area contributed by atoms with Crippen LogP contribution in [-0.4, -0.2) is 30.6 Å². The van der Waals surface area contributed by atoms with Crippen LogP contribution in [0.3, 0.4) is 0 Å². The van der Waals surface area contributed by atoms with Crippen molar-refractivity contribution in [3.8, 4) is 0 Å².